The van der Waals surface area contributed by atoms with E-state index in [1.807, 2.05) is 0 Å². The van der Waals surface area contributed by atoms with Crippen LogP contribution in [0.25, 0.3) is 17.4 Å². The molecular formula is C25H16F6N2O4S2. The van der Waals surface area contributed by atoms with Crippen molar-refractivity contribution < 1.29 is 45.5 Å². The number of halogens is 6. The number of aromatic carboxylic acids is 1. The number of carbonyl (C=O) groups excluding carboxylic acids is 1. The fraction of sp³-hybridized carbons (Fsp3) is 0.160. The maximum Gasteiger partial charge on any atom is 0.416 e. The van der Waals surface area contributed by atoms with Crippen LogP contribution < -0.4 is 5.32 Å². The SMILES string of the molecule is O=C(O)c1ccc(NCCN2C(=O)C(=Cc3ccc(-c4cc(C(F)(F)F)cc(C(F)(F)F)c4)o3)SC2=S)cc1. The number of nitrogens with one attached hydrogen (secondary N) is 1. The molecule has 2 aromatic carbocycles. The molecule has 0 aliphatic carbocycles. The van der Waals surface area contributed by atoms with Gasteiger partial charge in [0.15, 0.2) is 0 Å². The normalized spacial score (nSPS) is 15.3. The molecule has 4 rings (SSSR count). The van der Waals surface area contributed by atoms with E-state index >= 15 is 0 Å². The van der Waals surface area contributed by atoms with Crippen molar-refractivity contribution in [2.75, 3.05) is 18.4 Å². The summed E-state index contributed by atoms with van der Waals surface area (Å²) in [7, 11) is 0. The Bertz CT molecular complexity index is 1430. The molecule has 0 spiro atoms. The van der Waals surface area contributed by atoms with Crippen molar-refractivity contribution in [1.29, 1.82) is 0 Å². The van der Waals surface area contributed by atoms with E-state index in [1.165, 1.54) is 35.2 Å². The first-order valence-electron chi connectivity index (χ1n) is 10.9. The molecule has 0 bridgehead atoms. The van der Waals surface area contributed by atoms with Gasteiger partial charge in [-0.1, -0.05) is 24.0 Å². The second-order valence-electron chi connectivity index (χ2n) is 8.14. The molecule has 39 heavy (non-hydrogen) atoms. The first-order valence-corrected chi connectivity index (χ1v) is 12.2. The van der Waals surface area contributed by atoms with Gasteiger partial charge in [-0.3, -0.25) is 9.69 Å². The number of furan rings is 1. The molecule has 204 valence electrons. The summed E-state index contributed by atoms with van der Waals surface area (Å²) >= 11 is 6.22. The topological polar surface area (TPSA) is 82.8 Å². The number of carboxylic acid groups (broad SMARTS) is 1. The van der Waals surface area contributed by atoms with Crippen LogP contribution in [-0.4, -0.2) is 39.3 Å². The number of anilines is 1. The van der Waals surface area contributed by atoms with Gasteiger partial charge in [0.1, 0.15) is 15.8 Å². The number of thioether (sulfide) groups is 1. The van der Waals surface area contributed by atoms with Crippen LogP contribution in [0, 0.1) is 0 Å². The molecule has 0 saturated carbocycles. The van der Waals surface area contributed by atoms with Gasteiger partial charge in [0.25, 0.3) is 5.91 Å². The highest BCUT2D eigenvalue weighted by molar-refractivity contribution is 8.26. The van der Waals surface area contributed by atoms with Crippen LogP contribution in [0.1, 0.15) is 27.2 Å². The van der Waals surface area contributed by atoms with E-state index in [2.05, 4.69) is 5.32 Å². The highest BCUT2D eigenvalue weighted by Gasteiger charge is 2.37. The van der Waals surface area contributed by atoms with Crippen LogP contribution in [0.5, 0.6) is 0 Å². The van der Waals surface area contributed by atoms with E-state index in [1.54, 1.807) is 12.1 Å². The molecule has 0 unspecified atom stereocenters. The fourth-order valence-corrected chi connectivity index (χ4v) is 4.84. The van der Waals surface area contributed by atoms with Crippen molar-refractivity contribution in [2.24, 2.45) is 0 Å². The second-order valence-corrected chi connectivity index (χ2v) is 9.81. The summed E-state index contributed by atoms with van der Waals surface area (Å²) in [6.45, 7) is 0.463. The number of hydrogen-bond acceptors (Lipinski definition) is 6. The Morgan fingerprint density at radius 3 is 2.18 bits per heavy atom. The molecule has 0 radical (unpaired) electrons. The van der Waals surface area contributed by atoms with Crippen LogP contribution in [0.15, 0.2) is 63.9 Å². The fourth-order valence-electron chi connectivity index (χ4n) is 3.55. The number of rotatable bonds is 7. The molecule has 1 aliphatic heterocycles. The molecule has 2 N–H and O–H groups in total. The summed E-state index contributed by atoms with van der Waals surface area (Å²) in [5.74, 6) is -1.72. The van der Waals surface area contributed by atoms with Gasteiger partial charge in [0.05, 0.1) is 21.6 Å². The Morgan fingerprint density at radius 2 is 1.62 bits per heavy atom. The van der Waals surface area contributed by atoms with E-state index in [9.17, 15) is 35.9 Å². The van der Waals surface area contributed by atoms with Crippen LogP contribution in [-0.2, 0) is 17.1 Å². The predicted octanol–water partition coefficient (Wildman–Crippen LogP) is 7.00. The maximum absolute atomic E-state index is 13.2. The monoisotopic (exact) mass is 586 g/mol. The lowest BCUT2D eigenvalue weighted by atomic mass is 10.0. The van der Waals surface area contributed by atoms with Gasteiger partial charge in [-0.05, 0) is 54.6 Å². The number of hydrogen-bond donors (Lipinski definition) is 2. The van der Waals surface area contributed by atoms with Crippen LogP contribution >= 0.6 is 24.0 Å². The van der Waals surface area contributed by atoms with E-state index in [0.29, 0.717) is 17.8 Å². The average Bonchev–Trinajstić information content (AvgIpc) is 3.43. The van der Waals surface area contributed by atoms with Crippen molar-refractivity contribution in [3.8, 4) is 11.3 Å². The molecule has 1 aliphatic rings. The minimum Gasteiger partial charge on any atom is -0.478 e. The number of thiocarbonyl (C=S) groups is 1. The molecule has 0 atom stereocenters. The van der Waals surface area contributed by atoms with Crippen molar-refractivity contribution in [3.05, 3.63) is 82.0 Å². The maximum atomic E-state index is 13.2. The second kappa shape index (κ2) is 10.8. The van der Waals surface area contributed by atoms with E-state index in [0.717, 1.165) is 11.8 Å². The van der Waals surface area contributed by atoms with Gasteiger partial charge in [0, 0.05) is 30.4 Å². The lowest BCUT2D eigenvalue weighted by Gasteiger charge is -2.15. The zero-order valence-electron chi connectivity index (χ0n) is 19.4. The number of nitrogens with zero attached hydrogens (tertiary/aromatic N) is 1. The highest BCUT2D eigenvalue weighted by atomic mass is 32.2. The van der Waals surface area contributed by atoms with Gasteiger partial charge in [0.2, 0.25) is 0 Å². The number of alkyl halides is 6. The Balaban J connectivity index is 1.47. The zero-order chi connectivity index (χ0) is 28.5. The minimum absolute atomic E-state index is 0.0264. The summed E-state index contributed by atoms with van der Waals surface area (Å²) in [6, 6.07) is 9.66. The largest absolute Gasteiger partial charge is 0.478 e. The van der Waals surface area contributed by atoms with Crippen molar-refractivity contribution in [1.82, 2.24) is 4.90 Å². The molecule has 3 aromatic rings. The quantitative estimate of drug-likeness (QED) is 0.175. The predicted molar refractivity (Wildman–Crippen MR) is 136 cm³/mol. The van der Waals surface area contributed by atoms with Crippen LogP contribution in [0.3, 0.4) is 0 Å². The van der Waals surface area contributed by atoms with Crippen LogP contribution in [0.2, 0.25) is 0 Å². The molecule has 6 nitrogen and oxygen atoms in total. The minimum atomic E-state index is -5.00. The molecule has 1 saturated heterocycles. The lowest BCUT2D eigenvalue weighted by molar-refractivity contribution is -0.143. The Morgan fingerprint density at radius 1 is 1.00 bits per heavy atom. The molecule has 2 heterocycles. The van der Waals surface area contributed by atoms with Gasteiger partial charge in [-0.2, -0.15) is 26.3 Å². The van der Waals surface area contributed by atoms with Crippen molar-refractivity contribution in [3.63, 3.8) is 0 Å². The number of amides is 1. The number of carbonyl (C=O) groups is 2. The molecule has 1 amide bonds. The van der Waals surface area contributed by atoms with Gasteiger partial charge >= 0.3 is 18.3 Å². The van der Waals surface area contributed by atoms with Gasteiger partial charge in [-0.15, -0.1) is 0 Å². The van der Waals surface area contributed by atoms with Crippen molar-refractivity contribution >= 4 is 51.9 Å². The van der Waals surface area contributed by atoms with E-state index in [4.69, 9.17) is 21.7 Å². The zero-order valence-corrected chi connectivity index (χ0v) is 21.0. The first kappa shape index (κ1) is 28.2. The molecule has 14 heteroatoms. The number of carboxylic acids is 1. The lowest BCUT2D eigenvalue weighted by Crippen LogP contribution is -2.32. The summed E-state index contributed by atoms with van der Waals surface area (Å²) in [4.78, 5) is 25.2. The Labute approximate surface area is 226 Å². The summed E-state index contributed by atoms with van der Waals surface area (Å²) < 4.78 is 84.8. The smallest absolute Gasteiger partial charge is 0.416 e. The van der Waals surface area contributed by atoms with Crippen LogP contribution in [0.4, 0.5) is 32.0 Å². The summed E-state index contributed by atoms with van der Waals surface area (Å²) in [5, 5.41) is 12.0. The Hall–Kier alpha value is -3.78. The van der Waals surface area contributed by atoms with Crippen molar-refractivity contribution in [2.45, 2.75) is 12.4 Å². The molecule has 1 aromatic heterocycles. The third-order valence-corrected chi connectivity index (χ3v) is 6.82. The molecular weight excluding hydrogens is 570 g/mol. The third kappa shape index (κ3) is 6.63. The van der Waals surface area contributed by atoms with Gasteiger partial charge in [-0.25, -0.2) is 4.79 Å². The summed E-state index contributed by atoms with van der Waals surface area (Å²) in [5.41, 5.74) is -2.62. The summed E-state index contributed by atoms with van der Waals surface area (Å²) in [6.07, 6.45) is -8.70. The average molecular weight is 587 g/mol. The van der Waals surface area contributed by atoms with E-state index < -0.39 is 40.9 Å². The highest BCUT2D eigenvalue weighted by Crippen LogP contribution is 2.39. The van der Waals surface area contributed by atoms with Gasteiger partial charge < -0.3 is 14.8 Å². The number of benzene rings is 2. The standard InChI is InChI=1S/C25H16F6N2O4S2/c26-24(27,28)15-9-14(10-16(11-15)25(29,30)31)19-6-5-18(37-19)12-20-21(34)33(23(38)39-20)8-7-32-17-3-1-13(2-4-17)22(35)36/h1-6,9-12,32H,7-8H2,(H,35,36). The first-order chi connectivity index (χ1) is 18.2. The molecule has 1 fully saturated rings. The van der Waals surface area contributed by atoms with E-state index in [-0.39, 0.29) is 45.5 Å². The third-order valence-electron chi connectivity index (χ3n) is 5.44. The Kier molecular flexibility index (Phi) is 7.80.